The summed E-state index contributed by atoms with van der Waals surface area (Å²) in [5, 5.41) is 0.884. The molecule has 0 saturated heterocycles. The Bertz CT molecular complexity index is 1330. The van der Waals surface area contributed by atoms with E-state index >= 15 is 0 Å². The highest BCUT2D eigenvalue weighted by Crippen LogP contribution is 2.31. The van der Waals surface area contributed by atoms with Crippen LogP contribution >= 0.6 is 11.6 Å². The summed E-state index contributed by atoms with van der Waals surface area (Å²) in [5.41, 5.74) is 3.68. The Labute approximate surface area is 182 Å². The van der Waals surface area contributed by atoms with Crippen molar-refractivity contribution in [3.05, 3.63) is 87.7 Å². The fourth-order valence-corrected chi connectivity index (χ4v) is 3.30. The molecule has 0 aliphatic heterocycles. The Morgan fingerprint density at radius 2 is 1.68 bits per heavy atom. The van der Waals surface area contributed by atoms with E-state index in [9.17, 15) is 9.59 Å². The third-order valence-electron chi connectivity index (χ3n) is 4.74. The van der Waals surface area contributed by atoms with Gasteiger partial charge in [0, 0.05) is 16.1 Å². The molecule has 156 valence electrons. The molecule has 1 N–H and O–H groups in total. The lowest BCUT2D eigenvalue weighted by atomic mass is 10.1. The number of nitrogens with one attached hydrogen (secondary N) is 1. The maximum absolute atomic E-state index is 13.3. The summed E-state index contributed by atoms with van der Waals surface area (Å²) in [6, 6.07) is 18.4. The second-order valence-electron chi connectivity index (χ2n) is 6.61. The fraction of sp³-hybridized carbons (Fsp3) is 0.0870. The molecule has 0 saturated carbocycles. The molecule has 1 amide bonds. The van der Waals surface area contributed by atoms with Crippen molar-refractivity contribution < 1.29 is 14.3 Å². The summed E-state index contributed by atoms with van der Waals surface area (Å²) < 4.78 is 11.8. The molecule has 0 aliphatic carbocycles. The van der Waals surface area contributed by atoms with Crippen LogP contribution in [0.3, 0.4) is 0 Å². The summed E-state index contributed by atoms with van der Waals surface area (Å²) in [4.78, 5) is 30.7. The van der Waals surface area contributed by atoms with Crippen LogP contribution in [-0.2, 0) is 0 Å². The van der Waals surface area contributed by atoms with Gasteiger partial charge < -0.3 is 9.47 Å². The normalized spacial score (nSPS) is 10.7. The van der Waals surface area contributed by atoms with E-state index in [2.05, 4.69) is 10.4 Å². The molecule has 0 radical (unpaired) electrons. The molecular weight excluding hydrogens is 418 g/mol. The first-order valence-corrected chi connectivity index (χ1v) is 9.70. The zero-order valence-electron chi connectivity index (χ0n) is 16.8. The van der Waals surface area contributed by atoms with E-state index in [1.165, 1.54) is 14.2 Å². The number of hydrogen-bond donors (Lipinski definition) is 1. The fourth-order valence-electron chi connectivity index (χ4n) is 3.17. The van der Waals surface area contributed by atoms with Crippen molar-refractivity contribution >= 4 is 28.4 Å². The molecule has 0 fully saturated rings. The topological polar surface area (TPSA) is 82.5 Å². The molecule has 0 atom stereocenters. The lowest BCUT2D eigenvalue weighted by Crippen LogP contribution is -2.35. The predicted molar refractivity (Wildman–Crippen MR) is 120 cm³/mol. The molecule has 7 nitrogen and oxygen atoms in total. The third kappa shape index (κ3) is 3.95. The molecule has 0 aliphatic rings. The van der Waals surface area contributed by atoms with Gasteiger partial charge >= 0.3 is 0 Å². The van der Waals surface area contributed by atoms with Gasteiger partial charge in [0.1, 0.15) is 0 Å². The lowest BCUT2D eigenvalue weighted by Gasteiger charge is -2.16. The number of rotatable bonds is 5. The summed E-state index contributed by atoms with van der Waals surface area (Å²) in [5.74, 6) is 0.786. The second kappa shape index (κ2) is 8.49. The predicted octanol–water partition coefficient (Wildman–Crippen LogP) is 4.12. The number of halogens is 1. The van der Waals surface area contributed by atoms with E-state index in [1.807, 2.05) is 0 Å². The van der Waals surface area contributed by atoms with E-state index in [4.69, 9.17) is 21.1 Å². The van der Waals surface area contributed by atoms with Gasteiger partial charge in [-0.1, -0.05) is 23.7 Å². The largest absolute Gasteiger partial charge is 0.493 e. The van der Waals surface area contributed by atoms with Crippen molar-refractivity contribution in [2.24, 2.45) is 0 Å². The summed E-state index contributed by atoms with van der Waals surface area (Å²) >= 11 is 5.91. The minimum absolute atomic E-state index is 0.256. The molecule has 0 spiro atoms. The van der Waals surface area contributed by atoms with Crippen molar-refractivity contribution in [2.45, 2.75) is 0 Å². The lowest BCUT2D eigenvalue weighted by molar-refractivity contribution is 0.101. The highest BCUT2D eigenvalue weighted by atomic mass is 35.5. The molecule has 0 unspecified atom stereocenters. The summed E-state index contributed by atoms with van der Waals surface area (Å²) in [6.07, 6.45) is 0. The first-order valence-electron chi connectivity index (χ1n) is 9.33. The number of carbonyl (C=O) groups excluding carboxylic acids is 1. The molecule has 0 bridgehead atoms. The summed E-state index contributed by atoms with van der Waals surface area (Å²) in [6.45, 7) is 0. The number of benzene rings is 3. The van der Waals surface area contributed by atoms with Crippen LogP contribution in [0.4, 0.5) is 0 Å². The standard InChI is InChI=1S/C23H18ClN3O4/c1-30-19-12-9-15(13-20(19)31-2)21-25-18-6-4-3-5-17(18)23(29)27(21)26-22(28)14-7-10-16(24)11-8-14/h3-13H,1-2H3,(H,26,28). The zero-order chi connectivity index (χ0) is 22.0. The number of nitrogens with zero attached hydrogens (tertiary/aromatic N) is 2. The molecule has 4 aromatic rings. The van der Waals surface area contributed by atoms with E-state index in [-0.39, 0.29) is 5.82 Å². The van der Waals surface area contributed by atoms with Crippen LogP contribution < -0.4 is 20.5 Å². The third-order valence-corrected chi connectivity index (χ3v) is 4.99. The highest BCUT2D eigenvalue weighted by molar-refractivity contribution is 6.30. The summed E-state index contributed by atoms with van der Waals surface area (Å²) in [7, 11) is 3.05. The van der Waals surface area contributed by atoms with Gasteiger partial charge in [0.25, 0.3) is 11.5 Å². The van der Waals surface area contributed by atoms with Crippen molar-refractivity contribution in [3.8, 4) is 22.9 Å². The Hall–Kier alpha value is -3.84. The minimum atomic E-state index is -0.474. The van der Waals surface area contributed by atoms with E-state index in [0.29, 0.717) is 38.6 Å². The Morgan fingerprint density at radius 3 is 2.39 bits per heavy atom. The van der Waals surface area contributed by atoms with Gasteiger partial charge in [0.05, 0.1) is 25.1 Å². The van der Waals surface area contributed by atoms with Crippen LogP contribution in [0.1, 0.15) is 10.4 Å². The van der Waals surface area contributed by atoms with Gasteiger partial charge in [-0.3, -0.25) is 15.0 Å². The number of aromatic nitrogens is 2. The first kappa shape index (κ1) is 20.4. The van der Waals surface area contributed by atoms with E-state index < -0.39 is 11.5 Å². The van der Waals surface area contributed by atoms with Crippen LogP contribution in [0, 0.1) is 0 Å². The molecule has 31 heavy (non-hydrogen) atoms. The van der Waals surface area contributed by atoms with Gasteiger partial charge in [0.15, 0.2) is 17.3 Å². The SMILES string of the molecule is COc1ccc(-c2nc3ccccc3c(=O)n2NC(=O)c2ccc(Cl)cc2)cc1OC. The number of para-hydroxylation sites is 1. The monoisotopic (exact) mass is 435 g/mol. The molecule has 8 heteroatoms. The Morgan fingerprint density at radius 1 is 0.968 bits per heavy atom. The van der Waals surface area contributed by atoms with E-state index in [1.54, 1.807) is 66.7 Å². The zero-order valence-corrected chi connectivity index (χ0v) is 17.5. The Balaban J connectivity index is 1.89. The first-order chi connectivity index (χ1) is 15.0. The van der Waals surface area contributed by atoms with Crippen LogP contribution in [0.2, 0.25) is 5.02 Å². The van der Waals surface area contributed by atoms with Crippen molar-refractivity contribution in [1.82, 2.24) is 9.66 Å². The maximum Gasteiger partial charge on any atom is 0.280 e. The minimum Gasteiger partial charge on any atom is -0.493 e. The number of methoxy groups -OCH3 is 2. The van der Waals surface area contributed by atoms with Crippen LogP contribution in [0.15, 0.2) is 71.5 Å². The molecule has 3 aromatic carbocycles. The molecule has 1 heterocycles. The average Bonchev–Trinajstić information content (AvgIpc) is 2.80. The quantitative estimate of drug-likeness (QED) is 0.510. The number of fused-ring (bicyclic) bond motifs is 1. The van der Waals surface area contributed by atoms with E-state index in [0.717, 1.165) is 4.68 Å². The van der Waals surface area contributed by atoms with Crippen molar-refractivity contribution in [2.75, 3.05) is 19.6 Å². The van der Waals surface area contributed by atoms with Crippen molar-refractivity contribution in [3.63, 3.8) is 0 Å². The second-order valence-corrected chi connectivity index (χ2v) is 7.05. The molecule has 4 rings (SSSR count). The molecular formula is C23H18ClN3O4. The maximum atomic E-state index is 13.3. The highest BCUT2D eigenvalue weighted by Gasteiger charge is 2.17. The number of carbonyl (C=O) groups is 1. The van der Waals surface area contributed by atoms with Crippen LogP contribution in [-0.4, -0.2) is 29.8 Å². The molecule has 1 aromatic heterocycles. The number of amides is 1. The van der Waals surface area contributed by atoms with Gasteiger partial charge in [-0.15, -0.1) is 0 Å². The van der Waals surface area contributed by atoms with Crippen LogP contribution in [0.5, 0.6) is 11.5 Å². The van der Waals surface area contributed by atoms with Gasteiger partial charge in [-0.05, 0) is 54.6 Å². The van der Waals surface area contributed by atoms with Gasteiger partial charge in [-0.2, -0.15) is 4.68 Å². The average molecular weight is 436 g/mol. The van der Waals surface area contributed by atoms with Crippen LogP contribution in [0.25, 0.3) is 22.3 Å². The van der Waals surface area contributed by atoms with Gasteiger partial charge in [-0.25, -0.2) is 4.98 Å². The van der Waals surface area contributed by atoms with Gasteiger partial charge in [0.2, 0.25) is 0 Å². The van der Waals surface area contributed by atoms with Crippen molar-refractivity contribution in [1.29, 1.82) is 0 Å². The smallest absolute Gasteiger partial charge is 0.280 e. The number of ether oxygens (including phenoxy) is 2. The Kier molecular flexibility index (Phi) is 5.60. The number of hydrogen-bond acceptors (Lipinski definition) is 5.